The highest BCUT2D eigenvalue weighted by molar-refractivity contribution is 5.89. The van der Waals surface area contributed by atoms with E-state index in [4.69, 9.17) is 0 Å². The molecule has 0 saturated heterocycles. The molecule has 0 aliphatic rings. The second-order valence-corrected chi connectivity index (χ2v) is 3.38. The molecule has 76 valence electrons. The van der Waals surface area contributed by atoms with Gasteiger partial charge < -0.3 is 4.57 Å². The van der Waals surface area contributed by atoms with Gasteiger partial charge >= 0.3 is 0 Å². The van der Waals surface area contributed by atoms with Crippen LogP contribution in [0.15, 0.2) is 37.3 Å². The molecule has 2 aromatic heterocycles. The zero-order valence-electron chi connectivity index (χ0n) is 8.85. The summed E-state index contributed by atoms with van der Waals surface area (Å²) in [6.07, 6.45) is 12.9. The maximum Gasteiger partial charge on any atom is 0.0559 e. The minimum Gasteiger partial charge on any atom is -0.323 e. The molecule has 2 nitrogen and oxygen atoms in total. The molecule has 0 aromatic carbocycles. The van der Waals surface area contributed by atoms with Gasteiger partial charge in [-0.2, -0.15) is 0 Å². The minimum atomic E-state index is 1.04. The molecule has 0 unspecified atom stereocenters. The smallest absolute Gasteiger partial charge is 0.0559 e. The summed E-state index contributed by atoms with van der Waals surface area (Å²) in [6.45, 7) is 5.93. The Morgan fingerprint density at radius 2 is 2.40 bits per heavy atom. The van der Waals surface area contributed by atoms with E-state index in [1.54, 1.807) is 0 Å². The lowest BCUT2D eigenvalue weighted by atomic mass is 10.2. The van der Waals surface area contributed by atoms with Crippen LogP contribution < -0.4 is 0 Å². The molecule has 0 bridgehead atoms. The molecule has 0 N–H and O–H groups in total. The first kappa shape index (κ1) is 9.71. The number of pyridine rings is 1. The molecule has 0 radical (unpaired) electrons. The highest BCUT2D eigenvalue weighted by Crippen LogP contribution is 2.21. The summed E-state index contributed by atoms with van der Waals surface area (Å²) >= 11 is 0. The molecule has 0 aliphatic heterocycles. The highest BCUT2D eigenvalue weighted by atomic mass is 14.9. The van der Waals surface area contributed by atoms with E-state index in [1.807, 2.05) is 24.5 Å². The van der Waals surface area contributed by atoms with Crippen LogP contribution in [-0.2, 0) is 0 Å². The van der Waals surface area contributed by atoms with Crippen molar-refractivity contribution in [3.8, 4) is 0 Å². The van der Waals surface area contributed by atoms with Crippen molar-refractivity contribution in [2.45, 2.75) is 13.3 Å². The van der Waals surface area contributed by atoms with Crippen LogP contribution in [0.5, 0.6) is 0 Å². The molecule has 2 heterocycles. The number of nitrogens with zero attached hydrogens (tertiary/aromatic N) is 2. The van der Waals surface area contributed by atoms with Crippen LogP contribution in [0, 0.1) is 0 Å². The van der Waals surface area contributed by atoms with Gasteiger partial charge in [-0.1, -0.05) is 25.7 Å². The molecule has 2 heteroatoms. The van der Waals surface area contributed by atoms with Crippen molar-refractivity contribution in [2.24, 2.45) is 0 Å². The Labute approximate surface area is 89.6 Å². The first-order valence-electron chi connectivity index (χ1n) is 5.10. The first-order chi connectivity index (χ1) is 7.36. The Morgan fingerprint density at radius 3 is 3.13 bits per heavy atom. The zero-order valence-corrected chi connectivity index (χ0v) is 8.85. The fourth-order valence-corrected chi connectivity index (χ4v) is 1.63. The monoisotopic (exact) mass is 198 g/mol. The Balaban J connectivity index is 2.64. The normalized spacial score (nSPS) is 11.3. The largest absolute Gasteiger partial charge is 0.323 e. The topological polar surface area (TPSA) is 17.8 Å². The molecule has 0 fully saturated rings. The van der Waals surface area contributed by atoms with Crippen molar-refractivity contribution >= 4 is 23.2 Å². The van der Waals surface area contributed by atoms with Crippen LogP contribution in [0.1, 0.15) is 18.9 Å². The lowest BCUT2D eigenvalue weighted by Crippen LogP contribution is -1.82. The molecule has 15 heavy (non-hydrogen) atoms. The molecule has 0 saturated carbocycles. The Bertz CT molecular complexity index is 506. The summed E-state index contributed by atoms with van der Waals surface area (Å²) in [6, 6.07) is 2.02. The molecule has 0 amide bonds. The van der Waals surface area contributed by atoms with Crippen molar-refractivity contribution in [3.63, 3.8) is 0 Å². The van der Waals surface area contributed by atoms with E-state index in [2.05, 4.69) is 41.5 Å². The zero-order chi connectivity index (χ0) is 10.7. The molecule has 2 aromatic rings. The molecule has 0 spiro atoms. The fraction of sp³-hybridized carbons (Fsp3) is 0.154. The van der Waals surface area contributed by atoms with Crippen LogP contribution in [0.25, 0.3) is 23.2 Å². The van der Waals surface area contributed by atoms with Crippen molar-refractivity contribution in [1.82, 2.24) is 9.55 Å². The second-order valence-electron chi connectivity index (χ2n) is 3.38. The highest BCUT2D eigenvalue weighted by Gasteiger charge is 2.03. The van der Waals surface area contributed by atoms with E-state index >= 15 is 0 Å². The van der Waals surface area contributed by atoms with E-state index in [0.29, 0.717) is 0 Å². The summed E-state index contributed by atoms with van der Waals surface area (Å²) in [5.74, 6) is 0. The van der Waals surface area contributed by atoms with Gasteiger partial charge in [-0.05, 0) is 12.5 Å². The third-order valence-electron chi connectivity index (χ3n) is 2.39. The number of hydrogen-bond acceptors (Lipinski definition) is 1. The van der Waals surface area contributed by atoms with Crippen LogP contribution in [0.2, 0.25) is 0 Å². The second kappa shape index (κ2) is 4.13. The number of fused-ring (bicyclic) bond motifs is 1. The number of hydrogen-bond donors (Lipinski definition) is 0. The van der Waals surface area contributed by atoms with Crippen molar-refractivity contribution in [3.05, 3.63) is 42.9 Å². The SMILES string of the molecule is C=Cc1cn(/C=C/CC)c2ccncc12. The van der Waals surface area contributed by atoms with E-state index in [0.717, 1.165) is 17.4 Å². The Kier molecular flexibility index (Phi) is 2.68. The third kappa shape index (κ3) is 1.71. The Morgan fingerprint density at radius 1 is 1.53 bits per heavy atom. The summed E-state index contributed by atoms with van der Waals surface area (Å²) in [5, 5.41) is 1.15. The van der Waals surface area contributed by atoms with Crippen LogP contribution >= 0.6 is 0 Å². The number of aromatic nitrogens is 2. The summed E-state index contributed by atoms with van der Waals surface area (Å²) < 4.78 is 2.11. The number of rotatable bonds is 3. The van der Waals surface area contributed by atoms with Crippen LogP contribution in [0.4, 0.5) is 0 Å². The predicted molar refractivity (Wildman–Crippen MR) is 65.4 cm³/mol. The average Bonchev–Trinajstić information content (AvgIpc) is 2.65. The van der Waals surface area contributed by atoms with Gasteiger partial charge in [-0.15, -0.1) is 0 Å². The molecular weight excluding hydrogens is 184 g/mol. The lowest BCUT2D eigenvalue weighted by molar-refractivity contribution is 1.17. The molecule has 0 aliphatic carbocycles. The molecular formula is C13H14N2. The van der Waals surface area contributed by atoms with Crippen molar-refractivity contribution in [2.75, 3.05) is 0 Å². The predicted octanol–water partition coefficient (Wildman–Crippen LogP) is 3.56. The molecule has 2 rings (SSSR count). The van der Waals surface area contributed by atoms with E-state index < -0.39 is 0 Å². The lowest BCUT2D eigenvalue weighted by Gasteiger charge is -1.95. The van der Waals surface area contributed by atoms with Gasteiger partial charge in [0.1, 0.15) is 0 Å². The van der Waals surface area contributed by atoms with Gasteiger partial charge in [0.05, 0.1) is 5.52 Å². The van der Waals surface area contributed by atoms with Gasteiger partial charge in [-0.25, -0.2) is 0 Å². The summed E-state index contributed by atoms with van der Waals surface area (Å²) in [5.41, 5.74) is 2.29. The van der Waals surface area contributed by atoms with E-state index in [9.17, 15) is 0 Å². The van der Waals surface area contributed by atoms with Gasteiger partial charge in [-0.3, -0.25) is 4.98 Å². The maximum atomic E-state index is 4.13. The molecule has 0 atom stereocenters. The van der Waals surface area contributed by atoms with Crippen molar-refractivity contribution < 1.29 is 0 Å². The average molecular weight is 198 g/mol. The quantitative estimate of drug-likeness (QED) is 0.737. The Hall–Kier alpha value is -1.83. The minimum absolute atomic E-state index is 1.04. The number of allylic oxidation sites excluding steroid dienone is 1. The van der Waals surface area contributed by atoms with Gasteiger partial charge in [0.2, 0.25) is 0 Å². The van der Waals surface area contributed by atoms with Gasteiger partial charge in [0.15, 0.2) is 0 Å². The standard InChI is InChI=1S/C13H14N2/c1-3-5-8-15-10-11(4-2)12-9-14-7-6-13(12)15/h4-10H,2-3H2,1H3/b8-5+. The van der Waals surface area contributed by atoms with E-state index in [1.165, 1.54) is 5.52 Å². The van der Waals surface area contributed by atoms with Gasteiger partial charge in [0.25, 0.3) is 0 Å². The fourth-order valence-electron chi connectivity index (χ4n) is 1.63. The summed E-state index contributed by atoms with van der Waals surface area (Å²) in [4.78, 5) is 4.13. The first-order valence-corrected chi connectivity index (χ1v) is 5.10. The van der Waals surface area contributed by atoms with E-state index in [-0.39, 0.29) is 0 Å². The van der Waals surface area contributed by atoms with Gasteiger partial charge in [0, 0.05) is 35.7 Å². The maximum absolute atomic E-state index is 4.13. The van der Waals surface area contributed by atoms with Crippen LogP contribution in [-0.4, -0.2) is 9.55 Å². The summed E-state index contributed by atoms with van der Waals surface area (Å²) in [7, 11) is 0. The van der Waals surface area contributed by atoms with Crippen LogP contribution in [0.3, 0.4) is 0 Å². The van der Waals surface area contributed by atoms with Crippen molar-refractivity contribution in [1.29, 1.82) is 0 Å². The third-order valence-corrected chi connectivity index (χ3v) is 2.39.